The molecule has 4 fully saturated rings. The van der Waals surface area contributed by atoms with Crippen molar-refractivity contribution in [3.8, 4) is 0 Å². The number of rotatable bonds is 8. The number of alkyl halides is 6. The summed E-state index contributed by atoms with van der Waals surface area (Å²) in [5, 5.41) is 0. The van der Waals surface area contributed by atoms with Crippen LogP contribution in [0.5, 0.6) is 0 Å². The van der Waals surface area contributed by atoms with E-state index in [-0.39, 0.29) is 43.0 Å². The second-order valence-corrected chi connectivity index (χ2v) is 10.9. The Morgan fingerprint density at radius 1 is 1.03 bits per heavy atom. The summed E-state index contributed by atoms with van der Waals surface area (Å²) in [5.41, 5.74) is -6.63. The first-order chi connectivity index (χ1) is 15.9. The molecule has 11 heteroatoms. The predicted molar refractivity (Wildman–Crippen MR) is 111 cm³/mol. The largest absolute Gasteiger partial charge is 0.459 e. The van der Waals surface area contributed by atoms with Crippen LogP contribution in [0.15, 0.2) is 12.2 Å². The van der Waals surface area contributed by atoms with Gasteiger partial charge in [-0.3, -0.25) is 9.59 Å². The van der Waals surface area contributed by atoms with Gasteiger partial charge in [-0.25, -0.2) is 4.79 Å². The Balaban J connectivity index is 1.98. The molecule has 4 saturated carbocycles. The van der Waals surface area contributed by atoms with E-state index in [0.29, 0.717) is 12.8 Å². The number of halogens is 6. The van der Waals surface area contributed by atoms with Gasteiger partial charge in [0.05, 0.1) is 5.41 Å². The van der Waals surface area contributed by atoms with Crippen molar-refractivity contribution in [3.05, 3.63) is 12.2 Å². The van der Waals surface area contributed by atoms with E-state index in [2.05, 4.69) is 11.3 Å². The first kappa shape index (κ1) is 27.5. The molecule has 0 aromatic carbocycles. The third-order valence-corrected chi connectivity index (χ3v) is 7.48. The minimum Gasteiger partial charge on any atom is -0.459 e. The minimum atomic E-state index is -6.04. The van der Waals surface area contributed by atoms with E-state index < -0.39 is 65.6 Å². The van der Waals surface area contributed by atoms with Crippen molar-refractivity contribution >= 4 is 17.7 Å². The van der Waals surface area contributed by atoms with Gasteiger partial charge in [0, 0.05) is 23.8 Å². The zero-order chi connectivity index (χ0) is 26.6. The molecular weight excluding hydrogens is 482 g/mol. The Labute approximate surface area is 199 Å². The highest BCUT2D eigenvalue weighted by Gasteiger charge is 2.76. The summed E-state index contributed by atoms with van der Waals surface area (Å²) in [6, 6.07) is 0. The lowest BCUT2D eigenvalue weighted by Crippen LogP contribution is -2.64. The summed E-state index contributed by atoms with van der Waals surface area (Å²) in [7, 11) is 0. The average Bonchev–Trinajstić information content (AvgIpc) is 2.68. The highest BCUT2D eigenvalue weighted by Crippen LogP contribution is 2.60. The van der Waals surface area contributed by atoms with Gasteiger partial charge in [-0.1, -0.05) is 20.4 Å². The van der Waals surface area contributed by atoms with Gasteiger partial charge in [-0.2, -0.15) is 26.3 Å². The summed E-state index contributed by atoms with van der Waals surface area (Å²) in [6.07, 6.45) is -15.2. The Morgan fingerprint density at radius 3 is 1.97 bits per heavy atom. The first-order valence-electron chi connectivity index (χ1n) is 11.7. The fraction of sp³-hybridized carbons (Fsp3) is 0.792. The van der Waals surface area contributed by atoms with Crippen molar-refractivity contribution < 1.29 is 50.2 Å². The van der Waals surface area contributed by atoms with Crippen LogP contribution in [0.1, 0.15) is 65.7 Å². The predicted octanol–water partition coefficient (Wildman–Crippen LogP) is 5.71. The Bertz CT molecular complexity index is 858. The van der Waals surface area contributed by atoms with Crippen molar-refractivity contribution in [2.24, 2.45) is 29.1 Å². The highest BCUT2D eigenvalue weighted by molar-refractivity contribution is 5.90. The van der Waals surface area contributed by atoms with Crippen molar-refractivity contribution in [2.45, 2.75) is 89.8 Å². The van der Waals surface area contributed by atoms with Crippen LogP contribution in [0.4, 0.5) is 26.3 Å². The van der Waals surface area contributed by atoms with E-state index in [0.717, 1.165) is 0 Å². The Kier molecular flexibility index (Phi) is 7.16. The van der Waals surface area contributed by atoms with Crippen molar-refractivity contribution in [2.75, 3.05) is 0 Å². The van der Waals surface area contributed by atoms with Crippen molar-refractivity contribution in [3.63, 3.8) is 0 Å². The maximum Gasteiger partial charge on any atom is 0.437 e. The second-order valence-electron chi connectivity index (χ2n) is 10.9. The number of carbonyl (C=O) groups excluding carboxylic acids is 3. The third kappa shape index (κ3) is 5.09. The topological polar surface area (TPSA) is 69.7 Å². The van der Waals surface area contributed by atoms with Crippen LogP contribution in [0.2, 0.25) is 0 Å². The van der Waals surface area contributed by atoms with Gasteiger partial charge in [-0.15, -0.1) is 0 Å². The number of carbonyl (C=O) groups is 3. The van der Waals surface area contributed by atoms with Crippen LogP contribution in [0.3, 0.4) is 0 Å². The van der Waals surface area contributed by atoms with Crippen molar-refractivity contribution in [1.29, 1.82) is 0 Å². The second kappa shape index (κ2) is 9.10. The molecule has 0 spiro atoms. The van der Waals surface area contributed by atoms with Gasteiger partial charge < -0.3 is 9.47 Å². The van der Waals surface area contributed by atoms with Gasteiger partial charge in [0.25, 0.3) is 0 Å². The lowest BCUT2D eigenvalue weighted by molar-refractivity contribution is -0.378. The molecule has 0 radical (unpaired) electrons. The molecule has 0 N–H and O–H groups in total. The fourth-order valence-corrected chi connectivity index (χ4v) is 6.08. The lowest BCUT2D eigenvalue weighted by atomic mass is 9.49. The maximum absolute atomic E-state index is 14.3. The molecule has 3 unspecified atom stereocenters. The van der Waals surface area contributed by atoms with E-state index >= 15 is 0 Å². The quantitative estimate of drug-likeness (QED) is 0.237. The number of hydrogen-bond donors (Lipinski definition) is 0. The molecule has 4 bridgehead atoms. The van der Waals surface area contributed by atoms with E-state index in [1.54, 1.807) is 13.8 Å². The van der Waals surface area contributed by atoms with Crippen molar-refractivity contribution in [1.82, 2.24) is 0 Å². The van der Waals surface area contributed by atoms with E-state index in [1.807, 2.05) is 0 Å². The zero-order valence-corrected chi connectivity index (χ0v) is 19.9. The molecule has 0 heterocycles. The summed E-state index contributed by atoms with van der Waals surface area (Å²) in [5.74, 6) is -4.45. The van der Waals surface area contributed by atoms with Crippen LogP contribution in [0.25, 0.3) is 0 Å². The summed E-state index contributed by atoms with van der Waals surface area (Å²) >= 11 is 0. The Morgan fingerprint density at radius 2 is 1.54 bits per heavy atom. The molecule has 0 saturated heterocycles. The SMILES string of the molecule is C=C(C)C(=O)OC(CC(C)C)CC(OC(=O)C12CC3CC(C1)C(=O)C(C3)C2)(C(F)(F)F)C(F)(F)F. The standard InChI is InChI=1S/C24H30F6O5/c1-12(2)5-17(34-19(32)13(3)4)11-22(23(25,26)27,24(28,29)30)35-20(33)21-8-14-6-15(9-21)18(31)16(7-14)10-21/h12,14-17H,3,5-11H2,1-2,4H3. The van der Waals surface area contributed by atoms with Crippen LogP contribution in [0, 0.1) is 29.1 Å². The maximum atomic E-state index is 14.3. The molecule has 35 heavy (non-hydrogen) atoms. The van der Waals surface area contributed by atoms with Gasteiger partial charge in [0.15, 0.2) is 0 Å². The van der Waals surface area contributed by atoms with Crippen LogP contribution < -0.4 is 0 Å². The van der Waals surface area contributed by atoms with E-state index in [9.17, 15) is 40.7 Å². The molecule has 4 aliphatic carbocycles. The Hall–Kier alpha value is -2.07. The summed E-state index contributed by atoms with van der Waals surface area (Å²) in [4.78, 5) is 37.5. The molecular formula is C24H30F6O5. The summed E-state index contributed by atoms with van der Waals surface area (Å²) in [6.45, 7) is 7.61. The number of ketones is 1. The number of hydrogen-bond acceptors (Lipinski definition) is 5. The van der Waals surface area contributed by atoms with Gasteiger partial charge in [0.1, 0.15) is 11.9 Å². The first-order valence-corrected chi connectivity index (χ1v) is 11.7. The molecule has 4 aliphatic rings. The molecule has 198 valence electrons. The summed E-state index contributed by atoms with van der Waals surface area (Å²) < 4.78 is 95.0. The minimum absolute atomic E-state index is 0.0778. The monoisotopic (exact) mass is 512 g/mol. The molecule has 3 atom stereocenters. The zero-order valence-electron chi connectivity index (χ0n) is 19.9. The van der Waals surface area contributed by atoms with Gasteiger partial charge in [0.2, 0.25) is 0 Å². The van der Waals surface area contributed by atoms with Gasteiger partial charge >= 0.3 is 29.9 Å². The van der Waals surface area contributed by atoms with Gasteiger partial charge in [-0.05, 0) is 57.3 Å². The number of esters is 2. The lowest BCUT2D eigenvalue weighted by Gasteiger charge is -2.54. The number of ether oxygens (including phenoxy) is 2. The normalized spacial score (nSPS) is 29.3. The molecule has 4 rings (SSSR count). The van der Waals surface area contributed by atoms with Crippen LogP contribution >= 0.6 is 0 Å². The third-order valence-electron chi connectivity index (χ3n) is 7.48. The molecule has 5 nitrogen and oxygen atoms in total. The highest BCUT2D eigenvalue weighted by atomic mass is 19.4. The van der Waals surface area contributed by atoms with E-state index in [1.165, 1.54) is 6.92 Å². The van der Waals surface area contributed by atoms with Crippen LogP contribution in [-0.2, 0) is 23.9 Å². The molecule has 0 aromatic heterocycles. The fourth-order valence-electron chi connectivity index (χ4n) is 6.08. The molecule has 0 amide bonds. The smallest absolute Gasteiger partial charge is 0.437 e. The molecule has 0 aliphatic heterocycles. The molecule has 0 aromatic rings. The number of Topliss-reactive ketones (excluding diaryl/α,β-unsaturated/α-hetero) is 1. The average molecular weight is 512 g/mol. The van der Waals surface area contributed by atoms with E-state index in [4.69, 9.17) is 4.74 Å². The van der Waals surface area contributed by atoms with Crippen LogP contribution in [-0.4, -0.2) is 41.8 Å².